The monoisotopic (exact) mass is 257 g/mol. The Labute approximate surface area is 113 Å². The van der Waals surface area contributed by atoms with E-state index in [1.54, 1.807) is 19.4 Å². The van der Waals surface area contributed by atoms with Crippen molar-refractivity contribution < 1.29 is 4.74 Å². The maximum absolute atomic E-state index is 5.08. The lowest BCUT2D eigenvalue weighted by atomic mass is 10.1. The van der Waals surface area contributed by atoms with Crippen molar-refractivity contribution in [2.75, 3.05) is 12.4 Å². The number of aryl methyl sites for hydroxylation is 1. The van der Waals surface area contributed by atoms with Crippen LogP contribution in [0.2, 0.25) is 0 Å². The number of rotatable bonds is 5. The highest BCUT2D eigenvalue weighted by molar-refractivity contribution is 5.34. The maximum atomic E-state index is 5.08. The molecule has 2 rings (SSSR count). The summed E-state index contributed by atoms with van der Waals surface area (Å²) in [6, 6.07) is 10.5. The van der Waals surface area contributed by atoms with Crippen LogP contribution in [0.4, 0.5) is 5.95 Å². The van der Waals surface area contributed by atoms with E-state index < -0.39 is 0 Å². The largest absolute Gasteiger partial charge is 0.481 e. The second-order valence-corrected chi connectivity index (χ2v) is 4.38. The molecule has 0 aliphatic carbocycles. The molecule has 1 atom stereocenters. The predicted molar refractivity (Wildman–Crippen MR) is 76.4 cm³/mol. The van der Waals surface area contributed by atoms with Crippen molar-refractivity contribution in [3.05, 3.63) is 47.7 Å². The third-order valence-corrected chi connectivity index (χ3v) is 3.07. The molecule has 100 valence electrons. The molecule has 0 aliphatic rings. The number of hydrogen-bond donors (Lipinski definition) is 1. The van der Waals surface area contributed by atoms with Crippen LogP contribution in [0, 0.1) is 0 Å². The molecule has 0 radical (unpaired) electrons. The summed E-state index contributed by atoms with van der Waals surface area (Å²) in [5, 5.41) is 3.27. The van der Waals surface area contributed by atoms with Gasteiger partial charge in [0.1, 0.15) is 0 Å². The van der Waals surface area contributed by atoms with Crippen molar-refractivity contribution >= 4 is 5.95 Å². The predicted octanol–water partition coefficient (Wildman–Crippen LogP) is 3.22. The van der Waals surface area contributed by atoms with Gasteiger partial charge in [0, 0.05) is 12.3 Å². The topological polar surface area (TPSA) is 47.0 Å². The fourth-order valence-corrected chi connectivity index (χ4v) is 1.84. The molecule has 4 heteroatoms. The molecule has 2 aromatic rings. The van der Waals surface area contributed by atoms with Crippen molar-refractivity contribution in [3.63, 3.8) is 0 Å². The van der Waals surface area contributed by atoms with Gasteiger partial charge in [0.05, 0.1) is 13.2 Å². The van der Waals surface area contributed by atoms with Crippen molar-refractivity contribution in [3.8, 4) is 5.88 Å². The Kier molecular flexibility index (Phi) is 4.34. The van der Waals surface area contributed by atoms with Crippen molar-refractivity contribution in [2.45, 2.75) is 26.3 Å². The molecule has 0 saturated heterocycles. The molecule has 1 N–H and O–H groups in total. The summed E-state index contributed by atoms with van der Waals surface area (Å²) < 4.78 is 5.08. The molecule has 0 saturated carbocycles. The van der Waals surface area contributed by atoms with Crippen LogP contribution in [-0.4, -0.2) is 17.1 Å². The zero-order valence-electron chi connectivity index (χ0n) is 11.6. The maximum Gasteiger partial charge on any atom is 0.226 e. The standard InChI is InChI=1S/C15H19N3O/c1-4-12-5-7-13(8-6-12)11(2)17-15-16-10-9-14(18-15)19-3/h5-11H,4H2,1-3H3,(H,16,17,18). The highest BCUT2D eigenvalue weighted by atomic mass is 16.5. The first-order chi connectivity index (χ1) is 9.22. The van der Waals surface area contributed by atoms with E-state index in [2.05, 4.69) is 53.4 Å². The number of methoxy groups -OCH3 is 1. The van der Waals surface area contributed by atoms with Gasteiger partial charge in [-0.25, -0.2) is 4.98 Å². The summed E-state index contributed by atoms with van der Waals surface area (Å²) in [4.78, 5) is 8.43. The number of nitrogens with zero attached hydrogens (tertiary/aromatic N) is 2. The Bertz CT molecular complexity index is 525. The lowest BCUT2D eigenvalue weighted by Gasteiger charge is -2.14. The molecular formula is C15H19N3O. The molecule has 1 unspecified atom stereocenters. The molecule has 0 amide bonds. The molecule has 19 heavy (non-hydrogen) atoms. The second kappa shape index (κ2) is 6.18. The molecule has 1 aromatic heterocycles. The van der Waals surface area contributed by atoms with Gasteiger partial charge in [0.25, 0.3) is 0 Å². The van der Waals surface area contributed by atoms with Crippen LogP contribution in [0.3, 0.4) is 0 Å². The first-order valence-electron chi connectivity index (χ1n) is 6.45. The Morgan fingerprint density at radius 3 is 2.58 bits per heavy atom. The minimum Gasteiger partial charge on any atom is -0.481 e. The summed E-state index contributed by atoms with van der Waals surface area (Å²) in [5.41, 5.74) is 2.55. The smallest absolute Gasteiger partial charge is 0.226 e. The van der Waals surface area contributed by atoms with Gasteiger partial charge >= 0.3 is 0 Å². The summed E-state index contributed by atoms with van der Waals surface area (Å²) in [6.07, 6.45) is 2.74. The van der Waals surface area contributed by atoms with Crippen LogP contribution in [-0.2, 0) is 6.42 Å². The fraction of sp³-hybridized carbons (Fsp3) is 0.333. The zero-order valence-corrected chi connectivity index (χ0v) is 11.6. The number of aromatic nitrogens is 2. The van der Waals surface area contributed by atoms with Crippen molar-refractivity contribution in [1.82, 2.24) is 9.97 Å². The van der Waals surface area contributed by atoms with Crippen molar-refractivity contribution in [2.24, 2.45) is 0 Å². The number of ether oxygens (including phenoxy) is 1. The molecule has 1 aromatic carbocycles. The van der Waals surface area contributed by atoms with E-state index in [9.17, 15) is 0 Å². The summed E-state index contributed by atoms with van der Waals surface area (Å²) in [7, 11) is 1.60. The average Bonchev–Trinajstić information content (AvgIpc) is 2.47. The van der Waals surface area contributed by atoms with Gasteiger partial charge < -0.3 is 10.1 Å². The second-order valence-electron chi connectivity index (χ2n) is 4.38. The number of hydrogen-bond acceptors (Lipinski definition) is 4. The SMILES string of the molecule is CCc1ccc(C(C)Nc2nccc(OC)n2)cc1. The van der Waals surface area contributed by atoms with E-state index in [0.717, 1.165) is 6.42 Å². The third kappa shape index (κ3) is 3.44. The van der Waals surface area contributed by atoms with Crippen LogP contribution in [0.5, 0.6) is 5.88 Å². The van der Waals surface area contributed by atoms with E-state index in [1.165, 1.54) is 11.1 Å². The molecule has 0 aliphatic heterocycles. The van der Waals surface area contributed by atoms with Gasteiger partial charge in [0.15, 0.2) is 0 Å². The van der Waals surface area contributed by atoms with Crippen LogP contribution in [0.1, 0.15) is 31.0 Å². The van der Waals surface area contributed by atoms with Gasteiger partial charge in [-0.1, -0.05) is 31.2 Å². The number of benzene rings is 1. The molecule has 0 bridgehead atoms. The van der Waals surface area contributed by atoms with Crippen LogP contribution < -0.4 is 10.1 Å². The first kappa shape index (κ1) is 13.3. The Morgan fingerprint density at radius 1 is 1.21 bits per heavy atom. The van der Waals surface area contributed by atoms with E-state index in [1.807, 2.05) is 0 Å². The van der Waals surface area contributed by atoms with Gasteiger partial charge in [0.2, 0.25) is 11.8 Å². The summed E-state index contributed by atoms with van der Waals surface area (Å²) in [5.74, 6) is 1.14. The lowest BCUT2D eigenvalue weighted by molar-refractivity contribution is 0.397. The highest BCUT2D eigenvalue weighted by Crippen LogP contribution is 2.18. The average molecular weight is 257 g/mol. The third-order valence-electron chi connectivity index (χ3n) is 3.07. The van der Waals surface area contributed by atoms with Gasteiger partial charge in [-0.2, -0.15) is 4.98 Å². The normalized spacial score (nSPS) is 11.9. The van der Waals surface area contributed by atoms with Gasteiger partial charge in [-0.05, 0) is 24.5 Å². The minimum atomic E-state index is 0.151. The van der Waals surface area contributed by atoms with Crippen LogP contribution >= 0.6 is 0 Å². The molecule has 0 spiro atoms. The van der Waals surface area contributed by atoms with E-state index in [0.29, 0.717) is 11.8 Å². The Morgan fingerprint density at radius 2 is 1.95 bits per heavy atom. The van der Waals surface area contributed by atoms with E-state index in [-0.39, 0.29) is 6.04 Å². The zero-order chi connectivity index (χ0) is 13.7. The van der Waals surface area contributed by atoms with E-state index in [4.69, 9.17) is 4.74 Å². The first-order valence-corrected chi connectivity index (χ1v) is 6.45. The summed E-state index contributed by atoms with van der Waals surface area (Å²) >= 11 is 0. The Balaban J connectivity index is 2.08. The van der Waals surface area contributed by atoms with Gasteiger partial charge in [-0.15, -0.1) is 0 Å². The fourth-order valence-electron chi connectivity index (χ4n) is 1.84. The highest BCUT2D eigenvalue weighted by Gasteiger charge is 2.07. The number of nitrogens with one attached hydrogen (secondary N) is 1. The van der Waals surface area contributed by atoms with Crippen LogP contribution in [0.15, 0.2) is 36.5 Å². The molecular weight excluding hydrogens is 238 g/mol. The van der Waals surface area contributed by atoms with E-state index >= 15 is 0 Å². The minimum absolute atomic E-state index is 0.151. The van der Waals surface area contributed by atoms with Gasteiger partial charge in [-0.3, -0.25) is 0 Å². The van der Waals surface area contributed by atoms with Crippen LogP contribution in [0.25, 0.3) is 0 Å². The quantitative estimate of drug-likeness (QED) is 0.893. The molecule has 4 nitrogen and oxygen atoms in total. The Hall–Kier alpha value is -2.10. The molecule has 1 heterocycles. The number of anilines is 1. The van der Waals surface area contributed by atoms with Crippen molar-refractivity contribution in [1.29, 1.82) is 0 Å². The summed E-state index contributed by atoms with van der Waals surface area (Å²) in [6.45, 7) is 4.24. The molecule has 0 fully saturated rings. The lowest BCUT2D eigenvalue weighted by Crippen LogP contribution is -2.09.